The smallest absolute Gasteiger partial charge is 0.303 e. The zero-order valence-corrected chi connectivity index (χ0v) is 7.88. The van der Waals surface area contributed by atoms with Gasteiger partial charge in [-0.2, -0.15) is 0 Å². The van der Waals surface area contributed by atoms with Crippen molar-refractivity contribution in [1.82, 2.24) is 5.32 Å². The van der Waals surface area contributed by atoms with Crippen LogP contribution in [-0.4, -0.2) is 24.0 Å². The Morgan fingerprint density at radius 3 is 2.08 bits per heavy atom. The maximum atomic E-state index is 11.1. The lowest BCUT2D eigenvalue weighted by Crippen LogP contribution is -2.39. The molecule has 0 radical (unpaired) electrons. The molecule has 1 amide bonds. The monoisotopic (exact) mass is 173 g/mol. The van der Waals surface area contributed by atoms with Crippen LogP contribution in [0.1, 0.15) is 27.7 Å². The molecule has 0 heterocycles. The highest BCUT2D eigenvalue weighted by molar-refractivity contribution is 5.83. The van der Waals surface area contributed by atoms with Crippen LogP contribution in [0.5, 0.6) is 0 Å². The Hall–Kier alpha value is -1.06. The van der Waals surface area contributed by atoms with Crippen molar-refractivity contribution < 1.29 is 14.3 Å². The zero-order valence-electron chi connectivity index (χ0n) is 7.88. The second-order valence-electron chi connectivity index (χ2n) is 2.91. The number of rotatable bonds is 3. The van der Waals surface area contributed by atoms with Crippen molar-refractivity contribution in [3.05, 3.63) is 0 Å². The second-order valence-corrected chi connectivity index (χ2v) is 2.91. The summed E-state index contributed by atoms with van der Waals surface area (Å²) < 4.78 is 4.66. The topological polar surface area (TPSA) is 55.4 Å². The SMILES string of the molecule is CC(=O)O[C@@H](C)C(=O)NC(C)C. The normalized spacial score (nSPS) is 12.4. The van der Waals surface area contributed by atoms with E-state index in [9.17, 15) is 9.59 Å². The minimum Gasteiger partial charge on any atom is -0.453 e. The van der Waals surface area contributed by atoms with Crippen molar-refractivity contribution in [1.29, 1.82) is 0 Å². The van der Waals surface area contributed by atoms with Crippen LogP contribution in [0.4, 0.5) is 0 Å². The Bertz CT molecular complexity index is 177. The molecule has 0 aliphatic carbocycles. The van der Waals surface area contributed by atoms with E-state index in [0.717, 1.165) is 0 Å². The highest BCUT2D eigenvalue weighted by Gasteiger charge is 2.15. The summed E-state index contributed by atoms with van der Waals surface area (Å²) >= 11 is 0. The molecule has 0 aromatic heterocycles. The van der Waals surface area contributed by atoms with Crippen LogP contribution in [0.3, 0.4) is 0 Å². The fourth-order valence-corrected chi connectivity index (χ4v) is 0.704. The lowest BCUT2D eigenvalue weighted by Gasteiger charge is -2.13. The summed E-state index contributed by atoms with van der Waals surface area (Å²) in [5, 5.41) is 2.63. The molecule has 70 valence electrons. The van der Waals surface area contributed by atoms with Gasteiger partial charge in [0.2, 0.25) is 0 Å². The van der Waals surface area contributed by atoms with Gasteiger partial charge in [-0.3, -0.25) is 9.59 Å². The van der Waals surface area contributed by atoms with E-state index in [0.29, 0.717) is 0 Å². The van der Waals surface area contributed by atoms with Crippen LogP contribution in [0.15, 0.2) is 0 Å². The zero-order chi connectivity index (χ0) is 9.72. The largest absolute Gasteiger partial charge is 0.453 e. The van der Waals surface area contributed by atoms with Crippen LogP contribution >= 0.6 is 0 Å². The number of carbonyl (C=O) groups excluding carboxylic acids is 2. The Kier molecular flexibility index (Phi) is 4.33. The van der Waals surface area contributed by atoms with Gasteiger partial charge < -0.3 is 10.1 Å². The van der Waals surface area contributed by atoms with Gasteiger partial charge in [-0.05, 0) is 20.8 Å². The van der Waals surface area contributed by atoms with E-state index in [-0.39, 0.29) is 11.9 Å². The van der Waals surface area contributed by atoms with Gasteiger partial charge in [0.1, 0.15) is 0 Å². The highest BCUT2D eigenvalue weighted by atomic mass is 16.5. The predicted molar refractivity (Wildman–Crippen MR) is 44.5 cm³/mol. The molecule has 0 aromatic rings. The maximum Gasteiger partial charge on any atom is 0.303 e. The molecular weight excluding hydrogens is 158 g/mol. The molecular formula is C8H15NO3. The van der Waals surface area contributed by atoms with Crippen molar-refractivity contribution in [2.45, 2.75) is 39.8 Å². The fourth-order valence-electron chi connectivity index (χ4n) is 0.704. The summed E-state index contributed by atoms with van der Waals surface area (Å²) in [5.74, 6) is -0.707. The van der Waals surface area contributed by atoms with Gasteiger partial charge in [-0.25, -0.2) is 0 Å². The number of nitrogens with one attached hydrogen (secondary N) is 1. The first-order chi connectivity index (χ1) is 5.43. The van der Waals surface area contributed by atoms with Crippen LogP contribution < -0.4 is 5.32 Å². The molecule has 0 bridgehead atoms. The van der Waals surface area contributed by atoms with E-state index < -0.39 is 12.1 Å². The minimum atomic E-state index is -0.704. The van der Waals surface area contributed by atoms with Crippen molar-refractivity contribution in [3.63, 3.8) is 0 Å². The maximum absolute atomic E-state index is 11.1. The van der Waals surface area contributed by atoms with Gasteiger partial charge in [-0.1, -0.05) is 0 Å². The molecule has 0 aromatic carbocycles. The lowest BCUT2D eigenvalue weighted by atomic mass is 10.3. The van der Waals surface area contributed by atoms with Crippen molar-refractivity contribution in [2.75, 3.05) is 0 Å². The van der Waals surface area contributed by atoms with Gasteiger partial charge in [0, 0.05) is 13.0 Å². The molecule has 0 spiro atoms. The molecule has 0 saturated heterocycles. The van der Waals surface area contributed by atoms with Crippen LogP contribution in [0.2, 0.25) is 0 Å². The third-order valence-electron chi connectivity index (χ3n) is 1.14. The Labute approximate surface area is 72.3 Å². The number of ether oxygens (including phenoxy) is 1. The third kappa shape index (κ3) is 4.71. The molecule has 0 unspecified atom stereocenters. The van der Waals surface area contributed by atoms with Crippen molar-refractivity contribution in [3.8, 4) is 0 Å². The first-order valence-corrected chi connectivity index (χ1v) is 3.91. The number of amides is 1. The number of carbonyl (C=O) groups is 2. The van der Waals surface area contributed by atoms with E-state index >= 15 is 0 Å². The molecule has 1 atom stereocenters. The van der Waals surface area contributed by atoms with E-state index in [2.05, 4.69) is 10.1 Å². The molecule has 0 saturated carbocycles. The summed E-state index contributed by atoms with van der Waals surface area (Å²) in [6.45, 7) is 6.51. The van der Waals surface area contributed by atoms with Crippen LogP contribution in [0.25, 0.3) is 0 Å². The van der Waals surface area contributed by atoms with Gasteiger partial charge >= 0.3 is 5.97 Å². The molecule has 0 aliphatic rings. The molecule has 0 fully saturated rings. The van der Waals surface area contributed by atoms with Crippen LogP contribution in [0, 0.1) is 0 Å². The Morgan fingerprint density at radius 2 is 1.75 bits per heavy atom. The predicted octanol–water partition coefficient (Wildman–Crippen LogP) is 0.463. The van der Waals surface area contributed by atoms with E-state index in [1.165, 1.54) is 6.92 Å². The molecule has 0 aliphatic heterocycles. The third-order valence-corrected chi connectivity index (χ3v) is 1.14. The highest BCUT2D eigenvalue weighted by Crippen LogP contribution is 1.92. The summed E-state index contributed by atoms with van der Waals surface area (Å²) in [7, 11) is 0. The quantitative estimate of drug-likeness (QED) is 0.631. The molecule has 12 heavy (non-hydrogen) atoms. The van der Waals surface area contributed by atoms with Crippen molar-refractivity contribution >= 4 is 11.9 Å². The van der Waals surface area contributed by atoms with Gasteiger partial charge in [-0.15, -0.1) is 0 Å². The molecule has 4 nitrogen and oxygen atoms in total. The van der Waals surface area contributed by atoms with Crippen LogP contribution in [-0.2, 0) is 14.3 Å². The lowest BCUT2D eigenvalue weighted by molar-refractivity contribution is -0.152. The summed E-state index contributed by atoms with van der Waals surface area (Å²) in [5.41, 5.74) is 0. The fraction of sp³-hybridized carbons (Fsp3) is 0.750. The Balaban J connectivity index is 3.85. The van der Waals surface area contributed by atoms with Gasteiger partial charge in [0.15, 0.2) is 6.10 Å². The Morgan fingerprint density at radius 1 is 1.25 bits per heavy atom. The first kappa shape index (κ1) is 10.9. The van der Waals surface area contributed by atoms with E-state index in [4.69, 9.17) is 0 Å². The van der Waals surface area contributed by atoms with Gasteiger partial charge in [0.25, 0.3) is 5.91 Å². The molecule has 4 heteroatoms. The van der Waals surface area contributed by atoms with E-state index in [1.54, 1.807) is 6.92 Å². The minimum absolute atomic E-state index is 0.0653. The van der Waals surface area contributed by atoms with E-state index in [1.807, 2.05) is 13.8 Å². The summed E-state index contributed by atoms with van der Waals surface area (Å²) in [6, 6.07) is 0.0653. The van der Waals surface area contributed by atoms with Gasteiger partial charge in [0.05, 0.1) is 0 Å². The van der Waals surface area contributed by atoms with Crippen molar-refractivity contribution in [2.24, 2.45) is 0 Å². The average Bonchev–Trinajstić information content (AvgIpc) is 1.84. The number of hydrogen-bond acceptors (Lipinski definition) is 3. The summed E-state index contributed by atoms with van der Waals surface area (Å²) in [4.78, 5) is 21.5. The second kappa shape index (κ2) is 4.74. The molecule has 0 rings (SSSR count). The number of esters is 1. The number of hydrogen-bond donors (Lipinski definition) is 1. The molecule has 1 N–H and O–H groups in total. The first-order valence-electron chi connectivity index (χ1n) is 3.91. The standard InChI is InChI=1S/C8H15NO3/c1-5(2)9-8(11)6(3)12-7(4)10/h5-6H,1-4H3,(H,9,11)/t6-/m0/s1. The summed E-state index contributed by atoms with van der Waals surface area (Å²) in [6.07, 6.45) is -0.704. The average molecular weight is 173 g/mol.